The molecular formula is C35H37FN8O3. The highest BCUT2D eigenvalue weighted by molar-refractivity contribution is 5.83. The standard InChI is InChI=1S/C35H37FN8O3/c1-35(2,3)22-10-21-15-39-44(34(47)32(21)27(36)11-22)30-7-5-6-25(26(30)19-45)28-13-29(33(46)42(4)41-28)40-31-9-8-20(14-38-31)17-43-18-23-12-24(43)16-37-23/h5-11,13-15,23-24,37,45H,12,16-19H2,1-4H3,(H,38,40). The van der Waals surface area contributed by atoms with E-state index in [-0.39, 0.29) is 27.7 Å². The first-order valence-electron chi connectivity index (χ1n) is 15.7. The molecular weight excluding hydrogens is 599 g/mol. The van der Waals surface area contributed by atoms with Gasteiger partial charge in [-0.15, -0.1) is 0 Å². The second-order valence-electron chi connectivity index (χ2n) is 13.5. The van der Waals surface area contributed by atoms with Gasteiger partial charge in [0, 0.05) is 61.5 Å². The van der Waals surface area contributed by atoms with Gasteiger partial charge in [0.05, 0.1) is 29.6 Å². The van der Waals surface area contributed by atoms with E-state index in [4.69, 9.17) is 0 Å². The number of halogens is 1. The van der Waals surface area contributed by atoms with Gasteiger partial charge in [0.15, 0.2) is 0 Å². The quantitative estimate of drug-likeness (QED) is 0.245. The largest absolute Gasteiger partial charge is 0.392 e. The summed E-state index contributed by atoms with van der Waals surface area (Å²) < 4.78 is 17.7. The molecule has 2 fully saturated rings. The van der Waals surface area contributed by atoms with Crippen molar-refractivity contribution in [1.82, 2.24) is 34.8 Å². The fourth-order valence-electron chi connectivity index (χ4n) is 6.65. The third-order valence-electron chi connectivity index (χ3n) is 9.23. The summed E-state index contributed by atoms with van der Waals surface area (Å²) in [7, 11) is 1.54. The van der Waals surface area contributed by atoms with Crippen LogP contribution in [-0.4, -0.2) is 59.7 Å². The summed E-state index contributed by atoms with van der Waals surface area (Å²) in [5, 5.41) is 26.3. The number of aryl methyl sites for hydroxylation is 1. The van der Waals surface area contributed by atoms with Crippen molar-refractivity contribution in [3.05, 3.63) is 104 Å². The lowest BCUT2D eigenvalue weighted by Gasteiger charge is -2.27. The van der Waals surface area contributed by atoms with Crippen LogP contribution in [0.25, 0.3) is 27.7 Å². The molecule has 2 saturated heterocycles. The molecule has 242 valence electrons. The monoisotopic (exact) mass is 636 g/mol. The number of piperazine rings is 1. The highest BCUT2D eigenvalue weighted by atomic mass is 19.1. The molecule has 0 aliphatic carbocycles. The van der Waals surface area contributed by atoms with Crippen molar-refractivity contribution in [3.63, 3.8) is 0 Å². The van der Waals surface area contributed by atoms with Crippen LogP contribution in [0.15, 0.2) is 70.5 Å². The maximum absolute atomic E-state index is 15.4. The van der Waals surface area contributed by atoms with Crippen LogP contribution in [0.1, 0.15) is 43.9 Å². The van der Waals surface area contributed by atoms with Crippen molar-refractivity contribution in [1.29, 1.82) is 0 Å². The molecule has 3 N–H and O–H groups in total. The summed E-state index contributed by atoms with van der Waals surface area (Å²) in [6.07, 6.45) is 4.47. The molecule has 0 saturated carbocycles. The number of aliphatic hydroxyl groups is 1. The lowest BCUT2D eigenvalue weighted by Crippen LogP contribution is -2.42. The van der Waals surface area contributed by atoms with E-state index >= 15 is 4.39 Å². The molecule has 0 radical (unpaired) electrons. The van der Waals surface area contributed by atoms with Crippen molar-refractivity contribution in [2.24, 2.45) is 7.05 Å². The number of hydrogen-bond donors (Lipinski definition) is 3. The van der Waals surface area contributed by atoms with E-state index in [1.807, 2.05) is 39.1 Å². The molecule has 2 aromatic carbocycles. The van der Waals surface area contributed by atoms with Crippen LogP contribution in [-0.2, 0) is 25.6 Å². The van der Waals surface area contributed by atoms with Crippen LogP contribution < -0.4 is 21.8 Å². The summed E-state index contributed by atoms with van der Waals surface area (Å²) in [4.78, 5) is 33.8. The van der Waals surface area contributed by atoms with Gasteiger partial charge in [0.2, 0.25) is 0 Å². The molecule has 2 unspecified atom stereocenters. The van der Waals surface area contributed by atoms with E-state index in [2.05, 4.69) is 30.7 Å². The minimum Gasteiger partial charge on any atom is -0.392 e. The van der Waals surface area contributed by atoms with E-state index in [0.29, 0.717) is 40.1 Å². The second-order valence-corrected chi connectivity index (χ2v) is 13.5. The number of rotatable bonds is 7. The minimum atomic E-state index is -0.647. The van der Waals surface area contributed by atoms with Crippen LogP contribution in [0.2, 0.25) is 0 Å². The highest BCUT2D eigenvalue weighted by Crippen LogP contribution is 2.30. The average Bonchev–Trinajstić information content (AvgIpc) is 3.67. The first kappa shape index (κ1) is 30.9. The third-order valence-corrected chi connectivity index (χ3v) is 9.23. The number of hydrogen-bond acceptors (Lipinski definition) is 9. The Hall–Kier alpha value is -4.78. The minimum absolute atomic E-state index is 0.0859. The molecule has 2 aliphatic heterocycles. The molecule has 5 aromatic rings. The van der Waals surface area contributed by atoms with Gasteiger partial charge in [-0.1, -0.05) is 39.0 Å². The maximum atomic E-state index is 15.4. The zero-order valence-electron chi connectivity index (χ0n) is 26.8. The van der Waals surface area contributed by atoms with Gasteiger partial charge in [-0.3, -0.25) is 14.5 Å². The lowest BCUT2D eigenvalue weighted by atomic mass is 9.86. The second kappa shape index (κ2) is 11.8. The highest BCUT2D eigenvalue weighted by Gasteiger charge is 2.37. The lowest BCUT2D eigenvalue weighted by molar-refractivity contribution is 0.217. The Labute approximate surface area is 270 Å². The molecule has 11 nitrogen and oxygen atoms in total. The van der Waals surface area contributed by atoms with Crippen molar-refractivity contribution in [3.8, 4) is 16.9 Å². The van der Waals surface area contributed by atoms with E-state index < -0.39 is 18.0 Å². The fraction of sp³-hybridized carbons (Fsp3) is 0.343. The number of pyridine rings is 1. The van der Waals surface area contributed by atoms with Gasteiger partial charge in [0.1, 0.15) is 17.3 Å². The van der Waals surface area contributed by atoms with E-state index in [1.54, 1.807) is 37.4 Å². The van der Waals surface area contributed by atoms with Gasteiger partial charge in [-0.05, 0) is 53.3 Å². The molecule has 12 heteroatoms. The van der Waals surface area contributed by atoms with Crippen molar-refractivity contribution in [2.75, 3.05) is 18.4 Å². The van der Waals surface area contributed by atoms with Gasteiger partial charge >= 0.3 is 0 Å². The molecule has 2 atom stereocenters. The number of aliphatic hydroxyl groups excluding tert-OH is 1. The Bertz CT molecular complexity index is 2120. The third kappa shape index (κ3) is 5.73. The van der Waals surface area contributed by atoms with Crippen LogP contribution >= 0.6 is 0 Å². The normalized spacial score (nSPS) is 17.9. The smallest absolute Gasteiger partial charge is 0.290 e. The Morgan fingerprint density at radius 3 is 2.60 bits per heavy atom. The van der Waals surface area contributed by atoms with E-state index in [1.165, 1.54) is 23.4 Å². The average molecular weight is 637 g/mol. The zero-order valence-corrected chi connectivity index (χ0v) is 26.8. The predicted octanol–water partition coefficient (Wildman–Crippen LogP) is 3.76. The van der Waals surface area contributed by atoms with Gasteiger partial charge in [0.25, 0.3) is 11.1 Å². The van der Waals surface area contributed by atoms with Gasteiger partial charge < -0.3 is 15.7 Å². The first-order valence-corrected chi connectivity index (χ1v) is 15.7. The van der Waals surface area contributed by atoms with Crippen molar-refractivity contribution in [2.45, 2.75) is 57.8 Å². The number of aromatic nitrogens is 5. The summed E-state index contributed by atoms with van der Waals surface area (Å²) in [5.74, 6) is -0.125. The van der Waals surface area contributed by atoms with Gasteiger partial charge in [-0.25, -0.2) is 14.1 Å². The SMILES string of the molecule is Cn1nc(-c2cccc(-n3ncc4cc(C(C)(C)C)cc(F)c4c3=O)c2CO)cc(Nc2ccc(CN3CC4CC3CN4)cn2)c1=O. The van der Waals surface area contributed by atoms with E-state index in [0.717, 1.165) is 35.4 Å². The number of benzene rings is 2. The fourth-order valence-corrected chi connectivity index (χ4v) is 6.65. The van der Waals surface area contributed by atoms with Crippen LogP contribution in [0, 0.1) is 5.82 Å². The van der Waals surface area contributed by atoms with Gasteiger partial charge in [-0.2, -0.15) is 14.9 Å². The summed E-state index contributed by atoms with van der Waals surface area (Å²) in [5.41, 5.74) is 2.26. The summed E-state index contributed by atoms with van der Waals surface area (Å²) in [6, 6.07) is 14.8. The molecule has 0 amide bonds. The Morgan fingerprint density at radius 2 is 1.91 bits per heavy atom. The Kier molecular flexibility index (Phi) is 7.74. The van der Waals surface area contributed by atoms with Crippen molar-refractivity contribution < 1.29 is 9.50 Å². The summed E-state index contributed by atoms with van der Waals surface area (Å²) in [6.45, 7) is 8.35. The molecule has 3 aromatic heterocycles. The number of fused-ring (bicyclic) bond motifs is 3. The zero-order chi connectivity index (χ0) is 33.0. The molecule has 2 bridgehead atoms. The van der Waals surface area contributed by atoms with Crippen molar-refractivity contribution >= 4 is 22.3 Å². The van der Waals surface area contributed by atoms with Crippen LogP contribution in [0.3, 0.4) is 0 Å². The number of nitrogens with one attached hydrogen (secondary N) is 2. The first-order chi connectivity index (χ1) is 22.5. The summed E-state index contributed by atoms with van der Waals surface area (Å²) >= 11 is 0. The number of likely N-dealkylation sites (tertiary alicyclic amines) is 1. The topological polar surface area (TPSA) is 130 Å². The molecule has 5 heterocycles. The van der Waals surface area contributed by atoms with Crippen LogP contribution in [0.4, 0.5) is 15.9 Å². The molecule has 0 spiro atoms. The molecule has 7 rings (SSSR count). The molecule has 47 heavy (non-hydrogen) atoms. The number of nitrogens with zero attached hydrogens (tertiary/aromatic N) is 6. The predicted molar refractivity (Wildman–Crippen MR) is 179 cm³/mol. The number of anilines is 2. The molecule has 2 aliphatic rings. The maximum Gasteiger partial charge on any atom is 0.290 e. The van der Waals surface area contributed by atoms with E-state index in [9.17, 15) is 14.7 Å². The van der Waals surface area contributed by atoms with Crippen LogP contribution in [0.5, 0.6) is 0 Å². The Morgan fingerprint density at radius 1 is 1.09 bits per heavy atom. The Balaban J connectivity index is 1.21.